The van der Waals surface area contributed by atoms with Crippen LogP contribution in [0, 0.1) is 0 Å². The van der Waals surface area contributed by atoms with Crippen LogP contribution < -0.4 is 38.9 Å². The van der Waals surface area contributed by atoms with Crippen molar-refractivity contribution in [2.24, 2.45) is 22.9 Å². The van der Waals surface area contributed by atoms with E-state index in [1.807, 2.05) is 5.32 Å². The number of carboxylic acids is 1. The Bertz CT molecular complexity index is 1020. The third-order valence-corrected chi connectivity index (χ3v) is 5.97. The number of primary amides is 3. The highest BCUT2D eigenvalue weighted by molar-refractivity contribution is 5.97. The fourth-order valence-electron chi connectivity index (χ4n) is 3.97. The molecule has 0 aromatic rings. The number of rotatable bonds is 16. The minimum absolute atomic E-state index is 0.141. The molecule has 0 radical (unpaired) electrons. The predicted molar refractivity (Wildman–Crippen MR) is 134 cm³/mol. The molecular weight excluding hydrogens is 536 g/mol. The van der Waals surface area contributed by atoms with Crippen LogP contribution in [0.1, 0.15) is 45.4 Å². The molecule has 0 unspecified atom stereocenters. The molecule has 0 saturated carbocycles. The summed E-state index contributed by atoms with van der Waals surface area (Å²) >= 11 is 0. The van der Waals surface area contributed by atoms with Crippen molar-refractivity contribution in [2.75, 3.05) is 6.54 Å². The van der Waals surface area contributed by atoms with Crippen molar-refractivity contribution in [2.45, 2.75) is 81.8 Å². The fraction of sp³-hybridized carbons (Fsp3) is 0.636. The van der Waals surface area contributed by atoms with Gasteiger partial charge in [-0.2, -0.15) is 0 Å². The quantitative estimate of drug-likeness (QED) is 0.0838. The zero-order valence-electron chi connectivity index (χ0n) is 21.8. The molecule has 6 atom stereocenters. The highest BCUT2D eigenvalue weighted by Crippen LogP contribution is 2.19. The second-order valence-electron chi connectivity index (χ2n) is 9.33. The molecule has 0 aromatic carbocycles. The zero-order valence-corrected chi connectivity index (χ0v) is 21.8. The van der Waals surface area contributed by atoms with Gasteiger partial charge in [0.15, 0.2) is 0 Å². The van der Waals surface area contributed by atoms with Gasteiger partial charge in [0, 0.05) is 13.0 Å². The van der Waals surface area contributed by atoms with Crippen LogP contribution in [0.3, 0.4) is 0 Å². The number of aliphatic carboxylic acids is 1. The summed E-state index contributed by atoms with van der Waals surface area (Å²) in [4.78, 5) is 97.5. The Balaban J connectivity index is 3.07. The molecule has 1 heterocycles. The first-order valence-corrected chi connectivity index (χ1v) is 12.3. The van der Waals surface area contributed by atoms with Crippen LogP contribution in [0.5, 0.6) is 0 Å². The zero-order chi connectivity index (χ0) is 30.7. The third-order valence-electron chi connectivity index (χ3n) is 5.97. The Kier molecular flexibility index (Phi) is 12.9. The van der Waals surface area contributed by atoms with E-state index in [4.69, 9.17) is 22.9 Å². The van der Waals surface area contributed by atoms with Gasteiger partial charge in [-0.1, -0.05) is 0 Å². The summed E-state index contributed by atoms with van der Waals surface area (Å²) < 4.78 is 0. The first-order valence-electron chi connectivity index (χ1n) is 12.3. The topological polar surface area (TPSA) is 320 Å². The molecule has 0 bridgehead atoms. The van der Waals surface area contributed by atoms with Crippen molar-refractivity contribution < 1.29 is 48.6 Å². The minimum atomic E-state index is -1.75. The summed E-state index contributed by atoms with van der Waals surface area (Å²) in [7, 11) is 0. The average Bonchev–Trinajstić information content (AvgIpc) is 3.32. The molecule has 40 heavy (non-hydrogen) atoms. The van der Waals surface area contributed by atoms with Crippen LogP contribution in [-0.4, -0.2) is 105 Å². The molecule has 1 rings (SSSR count). The number of aliphatic hydroxyl groups excluding tert-OH is 1. The average molecular weight is 573 g/mol. The molecule has 1 aliphatic heterocycles. The highest BCUT2D eigenvalue weighted by atomic mass is 16.4. The maximum Gasteiger partial charge on any atom is 0.326 e. The Labute approximate surface area is 228 Å². The summed E-state index contributed by atoms with van der Waals surface area (Å²) in [5, 5.41) is 25.8. The molecule has 1 aliphatic rings. The van der Waals surface area contributed by atoms with Gasteiger partial charge in [0.05, 0.1) is 25.0 Å². The van der Waals surface area contributed by atoms with E-state index >= 15 is 0 Å². The van der Waals surface area contributed by atoms with Gasteiger partial charge in [-0.15, -0.1) is 0 Å². The van der Waals surface area contributed by atoms with Crippen LogP contribution in [0.25, 0.3) is 0 Å². The predicted octanol–water partition coefficient (Wildman–Crippen LogP) is -5.76. The number of amides is 7. The van der Waals surface area contributed by atoms with E-state index in [0.717, 1.165) is 11.8 Å². The van der Waals surface area contributed by atoms with Crippen LogP contribution >= 0.6 is 0 Å². The lowest BCUT2D eigenvalue weighted by Crippen LogP contribution is -2.60. The molecule has 18 heteroatoms. The second-order valence-corrected chi connectivity index (χ2v) is 9.33. The van der Waals surface area contributed by atoms with E-state index in [1.54, 1.807) is 0 Å². The molecule has 0 aliphatic carbocycles. The molecule has 224 valence electrons. The Morgan fingerprint density at radius 1 is 0.875 bits per heavy atom. The number of nitrogens with zero attached hydrogens (tertiary/aromatic N) is 1. The number of hydrogen-bond donors (Lipinski definition) is 9. The van der Waals surface area contributed by atoms with Crippen molar-refractivity contribution >= 4 is 47.3 Å². The van der Waals surface area contributed by atoms with Crippen LogP contribution in [0.15, 0.2) is 0 Å². The number of carbonyl (C=O) groups excluding carboxylic acids is 7. The lowest BCUT2D eigenvalue weighted by atomic mass is 10.1. The molecule has 1 saturated heterocycles. The Morgan fingerprint density at radius 2 is 1.48 bits per heavy atom. The number of carboxylic acid groups (broad SMARTS) is 1. The summed E-state index contributed by atoms with van der Waals surface area (Å²) in [6.45, 7) is 1.25. The van der Waals surface area contributed by atoms with E-state index in [1.165, 1.54) is 0 Å². The van der Waals surface area contributed by atoms with Crippen LogP contribution in [0.2, 0.25) is 0 Å². The van der Waals surface area contributed by atoms with Crippen molar-refractivity contribution in [3.05, 3.63) is 0 Å². The molecule has 0 aromatic heterocycles. The molecule has 0 spiro atoms. The van der Waals surface area contributed by atoms with E-state index in [2.05, 4.69) is 10.6 Å². The molecule has 1 fully saturated rings. The first kappa shape index (κ1) is 33.7. The largest absolute Gasteiger partial charge is 0.480 e. The number of nitrogens with one attached hydrogen (secondary N) is 3. The van der Waals surface area contributed by atoms with E-state index in [-0.39, 0.29) is 25.8 Å². The van der Waals surface area contributed by atoms with Crippen molar-refractivity contribution in [1.82, 2.24) is 20.9 Å². The number of likely N-dealkylation sites (tertiary alicyclic amines) is 1. The van der Waals surface area contributed by atoms with E-state index in [0.29, 0.717) is 6.42 Å². The maximum absolute atomic E-state index is 13.1. The smallest absolute Gasteiger partial charge is 0.326 e. The minimum Gasteiger partial charge on any atom is -0.480 e. The lowest BCUT2D eigenvalue weighted by molar-refractivity contribution is -0.144. The summed E-state index contributed by atoms with van der Waals surface area (Å²) in [6.07, 6.45) is -2.89. The monoisotopic (exact) mass is 572 g/mol. The van der Waals surface area contributed by atoms with E-state index < -0.39 is 96.5 Å². The van der Waals surface area contributed by atoms with Gasteiger partial charge < -0.3 is 54.0 Å². The maximum atomic E-state index is 13.1. The Morgan fingerprint density at radius 3 is 1.98 bits per heavy atom. The lowest BCUT2D eigenvalue weighted by Gasteiger charge is -2.29. The normalized spacial score (nSPS) is 18.4. The first-order chi connectivity index (χ1) is 18.5. The van der Waals surface area contributed by atoms with Crippen molar-refractivity contribution in [3.8, 4) is 0 Å². The van der Waals surface area contributed by atoms with Gasteiger partial charge in [0.1, 0.15) is 24.2 Å². The standard InChI is InChI=1S/C22H36N8O10/c1-9(31)17(20(37)28-12(22(39)40)8-16(26)34)29-18(35)11(4-5-14(24)32)27-19(36)13-3-2-6-30(13)21(38)10(23)7-15(25)33/h9-13,17,31H,2-8,23H2,1H3,(H2,24,32)(H2,25,33)(H2,26,34)(H,27,36)(H,28,37)(H,29,35)(H,39,40)/t9-,10+,11+,12+,13+,17+/m1/s1. The number of nitrogens with two attached hydrogens (primary N) is 4. The van der Waals surface area contributed by atoms with Gasteiger partial charge in [0.25, 0.3) is 0 Å². The van der Waals surface area contributed by atoms with Gasteiger partial charge in [-0.25, -0.2) is 4.79 Å². The van der Waals surface area contributed by atoms with Gasteiger partial charge in [-0.05, 0) is 26.2 Å². The number of hydrogen-bond acceptors (Lipinski definition) is 10. The van der Waals surface area contributed by atoms with Gasteiger partial charge >= 0.3 is 5.97 Å². The van der Waals surface area contributed by atoms with Gasteiger partial charge in [0.2, 0.25) is 41.4 Å². The van der Waals surface area contributed by atoms with Crippen molar-refractivity contribution in [1.29, 1.82) is 0 Å². The van der Waals surface area contributed by atoms with Gasteiger partial charge in [-0.3, -0.25) is 33.6 Å². The molecule has 7 amide bonds. The summed E-state index contributed by atoms with van der Waals surface area (Å²) in [5.41, 5.74) is 20.9. The fourth-order valence-corrected chi connectivity index (χ4v) is 3.97. The highest BCUT2D eigenvalue weighted by Gasteiger charge is 2.39. The summed E-state index contributed by atoms with van der Waals surface area (Å²) in [5.74, 6) is -7.98. The SMILES string of the molecule is C[C@@H](O)[C@H](NC(=O)[C@H](CCC(N)=O)NC(=O)[C@@H]1CCCN1C(=O)[C@@H](N)CC(N)=O)C(=O)N[C@@H](CC(N)=O)C(=O)O. The number of carbonyl (C=O) groups is 8. The summed E-state index contributed by atoms with van der Waals surface area (Å²) in [6, 6.07) is -7.33. The third kappa shape index (κ3) is 10.4. The van der Waals surface area contributed by atoms with Crippen LogP contribution in [0.4, 0.5) is 0 Å². The second kappa shape index (κ2) is 15.3. The van der Waals surface area contributed by atoms with Crippen molar-refractivity contribution in [3.63, 3.8) is 0 Å². The molecular formula is C22H36N8O10. The molecule has 18 nitrogen and oxygen atoms in total. The van der Waals surface area contributed by atoms with E-state index in [9.17, 15) is 48.6 Å². The molecule has 13 N–H and O–H groups in total. The van der Waals surface area contributed by atoms with Crippen LogP contribution in [-0.2, 0) is 38.4 Å². The number of aliphatic hydroxyl groups is 1. The Hall–Kier alpha value is -4.32.